The Balaban J connectivity index is 1.55. The summed E-state index contributed by atoms with van der Waals surface area (Å²) in [5.74, 6) is -1.08. The first-order valence-corrected chi connectivity index (χ1v) is 10.1. The largest absolute Gasteiger partial charge is 0.489 e. The Hall–Kier alpha value is -4.83. The first-order valence-electron chi connectivity index (χ1n) is 10.1. The van der Waals surface area contributed by atoms with E-state index in [-0.39, 0.29) is 16.8 Å². The van der Waals surface area contributed by atoms with E-state index in [0.29, 0.717) is 17.9 Å². The van der Waals surface area contributed by atoms with E-state index in [0.717, 1.165) is 16.5 Å². The summed E-state index contributed by atoms with van der Waals surface area (Å²) in [5.41, 5.74) is 2.74. The van der Waals surface area contributed by atoms with Gasteiger partial charge in [-0.05, 0) is 48.0 Å². The summed E-state index contributed by atoms with van der Waals surface area (Å²) in [6, 6.07) is 23.1. The van der Waals surface area contributed by atoms with Crippen LogP contribution in [0, 0.1) is 11.3 Å². The van der Waals surface area contributed by atoms with Crippen molar-refractivity contribution < 1.29 is 19.4 Å². The predicted molar refractivity (Wildman–Crippen MR) is 125 cm³/mol. The zero-order chi connectivity index (χ0) is 23.2. The molecule has 3 N–H and O–H groups in total. The summed E-state index contributed by atoms with van der Waals surface area (Å²) in [4.78, 5) is 26.9. The number of carboxylic acid groups (broad SMARTS) is 1. The molecule has 0 saturated heterocycles. The molecule has 0 aliphatic rings. The van der Waals surface area contributed by atoms with Crippen molar-refractivity contribution in [2.45, 2.75) is 6.61 Å². The number of carboxylic acids is 1. The van der Waals surface area contributed by atoms with Gasteiger partial charge in [0.25, 0.3) is 5.91 Å². The van der Waals surface area contributed by atoms with Crippen molar-refractivity contribution in [2.24, 2.45) is 0 Å². The highest BCUT2D eigenvalue weighted by atomic mass is 16.5. The zero-order valence-electron chi connectivity index (χ0n) is 17.4. The number of benzene rings is 3. The summed E-state index contributed by atoms with van der Waals surface area (Å²) in [7, 11) is 0. The predicted octanol–water partition coefficient (Wildman–Crippen LogP) is 4.99. The average Bonchev–Trinajstić information content (AvgIpc) is 3.23. The molecule has 33 heavy (non-hydrogen) atoms. The SMILES string of the molecule is N#CC(=Cc1c[nH]c2ccc(OCc3ccccc3)cc12)C(=O)Nc1cccc(C(=O)O)c1. The number of hydrogen-bond donors (Lipinski definition) is 3. The molecule has 1 heterocycles. The highest BCUT2D eigenvalue weighted by molar-refractivity contribution is 6.11. The number of carbonyl (C=O) groups is 2. The van der Waals surface area contributed by atoms with E-state index in [9.17, 15) is 14.9 Å². The minimum absolute atomic E-state index is 0.0370. The zero-order valence-corrected chi connectivity index (χ0v) is 17.4. The summed E-state index contributed by atoms with van der Waals surface area (Å²) >= 11 is 0. The first-order chi connectivity index (χ1) is 16.0. The summed E-state index contributed by atoms with van der Waals surface area (Å²) < 4.78 is 5.89. The smallest absolute Gasteiger partial charge is 0.335 e. The highest BCUT2D eigenvalue weighted by Crippen LogP contribution is 2.26. The number of ether oxygens (including phenoxy) is 1. The van der Waals surface area contributed by atoms with Crippen LogP contribution in [0.5, 0.6) is 5.75 Å². The van der Waals surface area contributed by atoms with Crippen LogP contribution in [0.1, 0.15) is 21.5 Å². The van der Waals surface area contributed by atoms with Crippen LogP contribution in [0.2, 0.25) is 0 Å². The van der Waals surface area contributed by atoms with Gasteiger partial charge in [-0.2, -0.15) is 5.26 Å². The lowest BCUT2D eigenvalue weighted by Gasteiger charge is -2.07. The molecule has 3 aromatic carbocycles. The Morgan fingerprint density at radius 2 is 1.88 bits per heavy atom. The molecule has 1 aromatic heterocycles. The highest BCUT2D eigenvalue weighted by Gasteiger charge is 2.13. The van der Waals surface area contributed by atoms with E-state index in [2.05, 4.69) is 10.3 Å². The molecule has 0 unspecified atom stereocenters. The molecule has 7 nitrogen and oxygen atoms in total. The van der Waals surface area contributed by atoms with Crippen molar-refractivity contribution in [3.63, 3.8) is 0 Å². The number of aromatic nitrogens is 1. The number of rotatable bonds is 7. The Bertz CT molecular complexity index is 1400. The molecule has 4 aromatic rings. The molecule has 0 bridgehead atoms. The van der Waals surface area contributed by atoms with Gasteiger partial charge in [0, 0.05) is 28.4 Å². The molecular formula is C26H19N3O4. The number of amides is 1. The van der Waals surface area contributed by atoms with E-state index < -0.39 is 11.9 Å². The Morgan fingerprint density at radius 1 is 1.06 bits per heavy atom. The number of hydrogen-bond acceptors (Lipinski definition) is 4. The molecule has 0 aliphatic heterocycles. The summed E-state index contributed by atoms with van der Waals surface area (Å²) in [6.07, 6.45) is 3.19. The molecule has 0 aliphatic carbocycles. The van der Waals surface area contributed by atoms with E-state index in [1.807, 2.05) is 54.6 Å². The number of aromatic carboxylic acids is 1. The topological polar surface area (TPSA) is 115 Å². The lowest BCUT2D eigenvalue weighted by atomic mass is 10.1. The molecule has 0 radical (unpaired) electrons. The van der Waals surface area contributed by atoms with Gasteiger partial charge in [0.1, 0.15) is 24.0 Å². The van der Waals surface area contributed by atoms with Crippen LogP contribution >= 0.6 is 0 Å². The van der Waals surface area contributed by atoms with Gasteiger partial charge < -0.3 is 20.1 Å². The van der Waals surface area contributed by atoms with Gasteiger partial charge in [-0.25, -0.2) is 4.79 Å². The van der Waals surface area contributed by atoms with E-state index in [1.54, 1.807) is 12.3 Å². The molecule has 7 heteroatoms. The van der Waals surface area contributed by atoms with Crippen LogP contribution < -0.4 is 10.1 Å². The van der Waals surface area contributed by atoms with E-state index in [1.165, 1.54) is 24.3 Å². The molecule has 0 saturated carbocycles. The Morgan fingerprint density at radius 3 is 2.64 bits per heavy atom. The third kappa shape index (κ3) is 5.09. The van der Waals surface area contributed by atoms with Gasteiger partial charge in [0.05, 0.1) is 5.56 Å². The minimum Gasteiger partial charge on any atom is -0.489 e. The van der Waals surface area contributed by atoms with Crippen LogP contribution in [0.3, 0.4) is 0 Å². The van der Waals surface area contributed by atoms with Crippen LogP contribution in [-0.4, -0.2) is 22.0 Å². The van der Waals surface area contributed by atoms with Gasteiger partial charge in [-0.3, -0.25) is 4.79 Å². The second-order valence-electron chi connectivity index (χ2n) is 7.24. The van der Waals surface area contributed by atoms with Gasteiger partial charge >= 0.3 is 5.97 Å². The second-order valence-corrected chi connectivity index (χ2v) is 7.24. The minimum atomic E-state index is -1.11. The number of nitriles is 1. The number of nitrogens with one attached hydrogen (secondary N) is 2. The van der Waals surface area contributed by atoms with Crippen LogP contribution in [0.4, 0.5) is 5.69 Å². The lowest BCUT2D eigenvalue weighted by Crippen LogP contribution is -2.13. The number of H-pyrrole nitrogens is 1. The van der Waals surface area contributed by atoms with Crippen molar-refractivity contribution in [3.05, 3.63) is 101 Å². The third-order valence-corrected chi connectivity index (χ3v) is 4.97. The van der Waals surface area contributed by atoms with Crippen molar-refractivity contribution in [2.75, 3.05) is 5.32 Å². The van der Waals surface area contributed by atoms with Crippen molar-refractivity contribution in [3.8, 4) is 11.8 Å². The molecule has 0 atom stereocenters. The molecule has 162 valence electrons. The molecule has 0 fully saturated rings. The van der Waals surface area contributed by atoms with Crippen molar-refractivity contribution in [1.82, 2.24) is 4.98 Å². The fraction of sp³-hybridized carbons (Fsp3) is 0.0385. The molecular weight excluding hydrogens is 418 g/mol. The Kier molecular flexibility index (Phi) is 6.19. The van der Waals surface area contributed by atoms with E-state index in [4.69, 9.17) is 9.84 Å². The maximum Gasteiger partial charge on any atom is 0.335 e. The Labute approximate surface area is 189 Å². The van der Waals surface area contributed by atoms with Gasteiger partial charge in [-0.15, -0.1) is 0 Å². The van der Waals surface area contributed by atoms with Gasteiger partial charge in [-0.1, -0.05) is 36.4 Å². The van der Waals surface area contributed by atoms with Crippen LogP contribution in [-0.2, 0) is 11.4 Å². The third-order valence-electron chi connectivity index (χ3n) is 4.97. The molecule has 4 rings (SSSR count). The quantitative estimate of drug-likeness (QED) is 0.278. The maximum atomic E-state index is 12.6. The normalized spacial score (nSPS) is 11.1. The molecule has 1 amide bonds. The summed E-state index contributed by atoms with van der Waals surface area (Å²) in [6.45, 7) is 0.420. The fourth-order valence-corrected chi connectivity index (χ4v) is 3.30. The molecule has 0 spiro atoms. The number of nitrogens with zero attached hydrogens (tertiary/aromatic N) is 1. The summed E-state index contributed by atoms with van der Waals surface area (Å²) in [5, 5.41) is 22.0. The monoisotopic (exact) mass is 437 g/mol. The fourth-order valence-electron chi connectivity index (χ4n) is 3.30. The average molecular weight is 437 g/mol. The maximum absolute atomic E-state index is 12.6. The van der Waals surface area contributed by atoms with Crippen LogP contribution in [0.15, 0.2) is 84.6 Å². The number of aromatic amines is 1. The second kappa shape index (κ2) is 9.54. The standard InChI is InChI=1S/C26H19N3O4/c27-14-19(25(30)29-21-8-4-7-18(12-21)26(31)32)11-20-15-28-24-10-9-22(13-23(20)24)33-16-17-5-2-1-3-6-17/h1-13,15,28H,16H2,(H,29,30)(H,31,32). The van der Waals surface area contributed by atoms with Crippen molar-refractivity contribution in [1.29, 1.82) is 5.26 Å². The number of anilines is 1. The van der Waals surface area contributed by atoms with Gasteiger partial charge in [0.15, 0.2) is 0 Å². The first kappa shape index (κ1) is 21.4. The van der Waals surface area contributed by atoms with Crippen LogP contribution in [0.25, 0.3) is 17.0 Å². The number of carbonyl (C=O) groups excluding carboxylic acids is 1. The van der Waals surface area contributed by atoms with E-state index >= 15 is 0 Å². The van der Waals surface area contributed by atoms with Crippen molar-refractivity contribution >= 4 is 34.5 Å². The van der Waals surface area contributed by atoms with Gasteiger partial charge in [0.2, 0.25) is 0 Å². The lowest BCUT2D eigenvalue weighted by molar-refractivity contribution is -0.112. The number of fused-ring (bicyclic) bond motifs is 1.